The van der Waals surface area contributed by atoms with Crippen LogP contribution in [0.3, 0.4) is 0 Å². The van der Waals surface area contributed by atoms with Crippen LogP contribution in [0.5, 0.6) is 0 Å². The molecule has 1 N–H and O–H groups in total. The normalized spacial score (nSPS) is 12.4. The summed E-state index contributed by atoms with van der Waals surface area (Å²) in [6, 6.07) is 9.63. The predicted molar refractivity (Wildman–Crippen MR) is 93.4 cm³/mol. The summed E-state index contributed by atoms with van der Waals surface area (Å²) in [6.45, 7) is 5.23. The maximum absolute atomic E-state index is 12.2. The molecule has 2 rings (SSSR count). The Morgan fingerprint density at radius 3 is 2.82 bits per heavy atom. The molecule has 5 heteroatoms. The molecule has 3 nitrogen and oxygen atoms in total. The summed E-state index contributed by atoms with van der Waals surface area (Å²) in [5, 5.41) is 5.78. The Morgan fingerprint density at radius 1 is 1.41 bits per heavy atom. The first kappa shape index (κ1) is 17.0. The number of likely N-dealkylation sites (N-methyl/N-ethyl adjacent to an activating group) is 1. The van der Waals surface area contributed by atoms with Gasteiger partial charge in [0.1, 0.15) is 0 Å². The second-order valence-electron chi connectivity index (χ2n) is 5.54. The number of hydrogen-bond donors (Lipinski definition) is 1. The van der Waals surface area contributed by atoms with Gasteiger partial charge >= 0.3 is 0 Å². The number of rotatable bonds is 6. The van der Waals surface area contributed by atoms with Gasteiger partial charge in [0, 0.05) is 16.4 Å². The third-order valence-corrected chi connectivity index (χ3v) is 4.76. The monoisotopic (exact) mass is 336 g/mol. The highest BCUT2D eigenvalue weighted by molar-refractivity contribution is 7.10. The van der Waals surface area contributed by atoms with Crippen molar-refractivity contribution in [2.75, 3.05) is 13.6 Å². The summed E-state index contributed by atoms with van der Waals surface area (Å²) < 4.78 is 0. The molecule has 0 aliphatic heterocycles. The summed E-state index contributed by atoms with van der Waals surface area (Å²) in [4.78, 5) is 15.5. The number of thiophene rings is 1. The molecule has 1 amide bonds. The molecule has 0 aliphatic carbocycles. The highest BCUT2D eigenvalue weighted by Crippen LogP contribution is 2.18. The quantitative estimate of drug-likeness (QED) is 0.864. The number of aryl methyl sites for hydroxylation is 1. The smallest absolute Gasteiger partial charge is 0.234 e. The average Bonchev–Trinajstić information content (AvgIpc) is 2.83. The van der Waals surface area contributed by atoms with Gasteiger partial charge in [0.2, 0.25) is 5.91 Å². The molecular formula is C17H21ClN2OS. The van der Waals surface area contributed by atoms with Crippen LogP contribution in [-0.2, 0) is 11.3 Å². The van der Waals surface area contributed by atoms with Gasteiger partial charge in [-0.1, -0.05) is 23.7 Å². The standard InChI is InChI=1S/C17H21ClN2OS/c1-12-7-8-22-16(12)10-20(3)11-17(21)19-13(2)14-5-4-6-15(18)9-14/h4-9,13H,10-11H2,1-3H3,(H,19,21). The Kier molecular flexibility index (Phi) is 6.00. The molecule has 0 radical (unpaired) electrons. The van der Waals surface area contributed by atoms with Gasteiger partial charge in [-0.25, -0.2) is 0 Å². The Morgan fingerprint density at radius 2 is 2.18 bits per heavy atom. The van der Waals surface area contributed by atoms with E-state index < -0.39 is 0 Å². The van der Waals surface area contributed by atoms with E-state index in [-0.39, 0.29) is 11.9 Å². The van der Waals surface area contributed by atoms with Crippen LogP contribution in [-0.4, -0.2) is 24.4 Å². The largest absolute Gasteiger partial charge is 0.348 e. The van der Waals surface area contributed by atoms with E-state index in [1.165, 1.54) is 10.4 Å². The minimum absolute atomic E-state index is 0.0178. The van der Waals surface area contributed by atoms with Crippen molar-refractivity contribution in [3.8, 4) is 0 Å². The van der Waals surface area contributed by atoms with E-state index in [1.807, 2.05) is 43.1 Å². The lowest BCUT2D eigenvalue weighted by Gasteiger charge is -2.19. The lowest BCUT2D eigenvalue weighted by Crippen LogP contribution is -2.36. The average molecular weight is 337 g/mol. The minimum Gasteiger partial charge on any atom is -0.348 e. The third-order valence-electron chi connectivity index (χ3n) is 3.52. The fraction of sp³-hybridized carbons (Fsp3) is 0.353. The Labute approximate surface area is 140 Å². The molecular weight excluding hydrogens is 316 g/mol. The van der Waals surface area contributed by atoms with Gasteiger partial charge in [-0.05, 0) is 55.6 Å². The highest BCUT2D eigenvalue weighted by Gasteiger charge is 2.13. The second kappa shape index (κ2) is 7.77. The molecule has 1 aromatic heterocycles. The van der Waals surface area contributed by atoms with E-state index in [4.69, 9.17) is 11.6 Å². The maximum Gasteiger partial charge on any atom is 0.234 e. The number of hydrogen-bond acceptors (Lipinski definition) is 3. The van der Waals surface area contributed by atoms with Crippen molar-refractivity contribution in [3.63, 3.8) is 0 Å². The van der Waals surface area contributed by atoms with Gasteiger partial charge in [-0.3, -0.25) is 9.69 Å². The molecule has 0 fully saturated rings. The van der Waals surface area contributed by atoms with Crippen molar-refractivity contribution in [2.45, 2.75) is 26.4 Å². The van der Waals surface area contributed by atoms with Crippen LogP contribution < -0.4 is 5.32 Å². The number of nitrogens with one attached hydrogen (secondary N) is 1. The topological polar surface area (TPSA) is 32.3 Å². The fourth-order valence-corrected chi connectivity index (χ4v) is 3.44. The summed E-state index contributed by atoms with van der Waals surface area (Å²) in [5.41, 5.74) is 2.29. The third kappa shape index (κ3) is 4.83. The first-order valence-corrected chi connectivity index (χ1v) is 8.48. The highest BCUT2D eigenvalue weighted by atomic mass is 35.5. The van der Waals surface area contributed by atoms with Crippen molar-refractivity contribution >= 4 is 28.8 Å². The second-order valence-corrected chi connectivity index (χ2v) is 6.98. The van der Waals surface area contributed by atoms with Crippen LogP contribution in [0, 0.1) is 6.92 Å². The van der Waals surface area contributed by atoms with E-state index in [2.05, 4.69) is 23.7 Å². The zero-order valence-corrected chi connectivity index (χ0v) is 14.7. The van der Waals surface area contributed by atoms with Crippen LogP contribution >= 0.6 is 22.9 Å². The lowest BCUT2D eigenvalue weighted by atomic mass is 10.1. The van der Waals surface area contributed by atoms with Gasteiger partial charge in [-0.15, -0.1) is 11.3 Å². The molecule has 118 valence electrons. The van der Waals surface area contributed by atoms with Crippen LogP contribution in [0.1, 0.15) is 29.0 Å². The molecule has 22 heavy (non-hydrogen) atoms. The minimum atomic E-state index is -0.0527. The zero-order valence-electron chi connectivity index (χ0n) is 13.1. The van der Waals surface area contributed by atoms with Crippen molar-refractivity contribution in [1.29, 1.82) is 0 Å². The molecule has 0 bridgehead atoms. The predicted octanol–water partition coefficient (Wildman–Crippen LogP) is 4.02. The van der Waals surface area contributed by atoms with Crippen LogP contribution in [0.15, 0.2) is 35.7 Å². The summed E-state index contributed by atoms with van der Waals surface area (Å²) in [6.07, 6.45) is 0. The van der Waals surface area contributed by atoms with Crippen LogP contribution in [0.25, 0.3) is 0 Å². The molecule has 1 atom stereocenters. The van der Waals surface area contributed by atoms with Crippen LogP contribution in [0.4, 0.5) is 0 Å². The van der Waals surface area contributed by atoms with E-state index in [1.54, 1.807) is 11.3 Å². The van der Waals surface area contributed by atoms with Crippen molar-refractivity contribution < 1.29 is 4.79 Å². The van der Waals surface area contributed by atoms with E-state index in [0.717, 1.165) is 12.1 Å². The number of nitrogens with zero attached hydrogens (tertiary/aromatic N) is 1. The van der Waals surface area contributed by atoms with Gasteiger partial charge in [0.15, 0.2) is 0 Å². The molecule has 0 aliphatic rings. The van der Waals surface area contributed by atoms with E-state index in [9.17, 15) is 4.79 Å². The Hall–Kier alpha value is -1.36. The molecule has 0 saturated carbocycles. The number of carbonyl (C=O) groups excluding carboxylic acids is 1. The van der Waals surface area contributed by atoms with Crippen molar-refractivity contribution in [1.82, 2.24) is 10.2 Å². The van der Waals surface area contributed by atoms with Crippen LogP contribution in [0.2, 0.25) is 5.02 Å². The van der Waals surface area contributed by atoms with Gasteiger partial charge in [0.05, 0.1) is 12.6 Å². The van der Waals surface area contributed by atoms with E-state index >= 15 is 0 Å². The number of carbonyl (C=O) groups is 1. The van der Waals surface area contributed by atoms with E-state index in [0.29, 0.717) is 11.6 Å². The molecule has 2 aromatic rings. The summed E-state index contributed by atoms with van der Waals surface area (Å²) in [5.74, 6) is 0.0178. The number of benzene rings is 1. The van der Waals surface area contributed by atoms with Crippen molar-refractivity contribution in [2.24, 2.45) is 0 Å². The summed E-state index contributed by atoms with van der Waals surface area (Å²) >= 11 is 7.71. The van der Waals surface area contributed by atoms with Gasteiger partial charge in [-0.2, -0.15) is 0 Å². The molecule has 1 heterocycles. The van der Waals surface area contributed by atoms with Gasteiger partial charge < -0.3 is 5.32 Å². The van der Waals surface area contributed by atoms with Crippen molar-refractivity contribution in [3.05, 3.63) is 56.7 Å². The molecule has 1 unspecified atom stereocenters. The summed E-state index contributed by atoms with van der Waals surface area (Å²) in [7, 11) is 1.96. The SMILES string of the molecule is Cc1ccsc1CN(C)CC(=O)NC(C)c1cccc(Cl)c1. The lowest BCUT2D eigenvalue weighted by molar-refractivity contribution is -0.122. The van der Waals surface area contributed by atoms with Gasteiger partial charge in [0.25, 0.3) is 0 Å². The molecule has 0 spiro atoms. The number of halogens is 1. The molecule has 0 saturated heterocycles. The zero-order chi connectivity index (χ0) is 16.1. The Bertz CT molecular complexity index is 641. The Balaban J connectivity index is 1.85. The first-order valence-electron chi connectivity index (χ1n) is 7.22. The first-order chi connectivity index (χ1) is 10.5. The molecule has 1 aromatic carbocycles. The number of amides is 1. The maximum atomic E-state index is 12.2. The fourth-order valence-electron chi connectivity index (χ4n) is 2.26.